The van der Waals surface area contributed by atoms with E-state index in [-0.39, 0.29) is 5.92 Å². The van der Waals surface area contributed by atoms with E-state index in [0.29, 0.717) is 5.88 Å². The molecule has 1 aromatic heterocycles. The maximum atomic E-state index is 5.78. The second kappa shape index (κ2) is 5.69. The Bertz CT molecular complexity index is 550. The van der Waals surface area contributed by atoms with Crippen LogP contribution >= 0.6 is 0 Å². The normalized spacial score (nSPS) is 10.6. The first kappa shape index (κ1) is 13.3. The summed E-state index contributed by atoms with van der Waals surface area (Å²) in [6, 6.07) is 9.69. The lowest BCUT2D eigenvalue weighted by Crippen LogP contribution is -2.03. The molecule has 0 radical (unpaired) electrons. The van der Waals surface area contributed by atoms with E-state index < -0.39 is 0 Å². The van der Waals surface area contributed by atoms with Crippen LogP contribution in [0.5, 0.6) is 11.6 Å². The Balaban J connectivity index is 2.28. The molecule has 19 heavy (non-hydrogen) atoms. The van der Waals surface area contributed by atoms with E-state index in [4.69, 9.17) is 4.74 Å². The van der Waals surface area contributed by atoms with Crippen LogP contribution in [0.15, 0.2) is 30.3 Å². The molecule has 0 amide bonds. The van der Waals surface area contributed by atoms with Crippen molar-refractivity contribution in [3.63, 3.8) is 0 Å². The van der Waals surface area contributed by atoms with Crippen LogP contribution in [0.25, 0.3) is 0 Å². The molecule has 0 saturated carbocycles. The molecular weight excluding hydrogens is 238 g/mol. The first-order chi connectivity index (χ1) is 9.08. The molecule has 0 spiro atoms. The number of ether oxygens (including phenoxy) is 1. The molecule has 100 valence electrons. The summed E-state index contributed by atoms with van der Waals surface area (Å²) in [4.78, 5) is 8.83. The van der Waals surface area contributed by atoms with Crippen molar-refractivity contribution in [3.8, 4) is 11.6 Å². The number of nitrogens with zero attached hydrogens (tertiary/aromatic N) is 2. The lowest BCUT2D eigenvalue weighted by molar-refractivity contribution is 0.457. The molecule has 0 aliphatic carbocycles. The van der Waals surface area contributed by atoms with E-state index in [2.05, 4.69) is 29.1 Å². The highest BCUT2D eigenvalue weighted by Crippen LogP contribution is 2.23. The third kappa shape index (κ3) is 3.44. The summed E-state index contributed by atoms with van der Waals surface area (Å²) in [5.41, 5.74) is 1.20. The van der Waals surface area contributed by atoms with E-state index >= 15 is 0 Å². The molecule has 0 bridgehead atoms. The van der Waals surface area contributed by atoms with Gasteiger partial charge in [-0.15, -0.1) is 0 Å². The summed E-state index contributed by atoms with van der Waals surface area (Å²) >= 11 is 0. The summed E-state index contributed by atoms with van der Waals surface area (Å²) in [6.07, 6.45) is 0. The van der Waals surface area contributed by atoms with Gasteiger partial charge >= 0.3 is 0 Å². The van der Waals surface area contributed by atoms with Crippen molar-refractivity contribution in [2.24, 2.45) is 0 Å². The van der Waals surface area contributed by atoms with E-state index in [9.17, 15) is 0 Å². The van der Waals surface area contributed by atoms with Crippen molar-refractivity contribution >= 4 is 5.82 Å². The summed E-state index contributed by atoms with van der Waals surface area (Å²) in [5.74, 6) is 3.14. The maximum Gasteiger partial charge on any atom is 0.224 e. The average molecular weight is 257 g/mol. The standard InChI is InChI=1S/C15H19N3O/c1-10(2)15-17-13(16-4)9-14(18-15)19-12-7-5-11(3)6-8-12/h5-10H,1-4H3,(H,16,17,18). The fourth-order valence-corrected chi connectivity index (χ4v) is 1.61. The molecule has 2 rings (SSSR count). The minimum Gasteiger partial charge on any atom is -0.439 e. The SMILES string of the molecule is CNc1cc(Oc2ccc(C)cc2)nc(C(C)C)n1. The van der Waals surface area contributed by atoms with Crippen LogP contribution < -0.4 is 10.1 Å². The van der Waals surface area contributed by atoms with Gasteiger partial charge in [-0.1, -0.05) is 31.5 Å². The molecule has 0 fully saturated rings. The summed E-state index contributed by atoms with van der Waals surface area (Å²) in [5, 5.41) is 3.03. The van der Waals surface area contributed by atoms with Gasteiger partial charge in [-0.05, 0) is 19.1 Å². The molecule has 0 atom stereocenters. The molecule has 4 nitrogen and oxygen atoms in total. The number of hydrogen-bond acceptors (Lipinski definition) is 4. The molecule has 1 heterocycles. The first-order valence-electron chi connectivity index (χ1n) is 6.39. The lowest BCUT2D eigenvalue weighted by atomic mass is 10.2. The molecular formula is C15H19N3O. The second-order valence-electron chi connectivity index (χ2n) is 4.77. The molecule has 4 heteroatoms. The van der Waals surface area contributed by atoms with Crippen LogP contribution in [0, 0.1) is 6.92 Å². The third-order valence-electron chi connectivity index (χ3n) is 2.74. The molecule has 1 aromatic carbocycles. The van der Waals surface area contributed by atoms with Gasteiger partial charge in [0, 0.05) is 19.0 Å². The van der Waals surface area contributed by atoms with Gasteiger partial charge in [-0.25, -0.2) is 4.98 Å². The minimum atomic E-state index is 0.258. The fraction of sp³-hybridized carbons (Fsp3) is 0.333. The highest BCUT2D eigenvalue weighted by atomic mass is 16.5. The van der Waals surface area contributed by atoms with E-state index in [1.807, 2.05) is 38.2 Å². The van der Waals surface area contributed by atoms with Gasteiger partial charge in [-0.3, -0.25) is 0 Å². The average Bonchev–Trinajstić information content (AvgIpc) is 2.41. The van der Waals surface area contributed by atoms with Gasteiger partial charge < -0.3 is 10.1 Å². The number of aryl methyl sites for hydroxylation is 1. The number of rotatable bonds is 4. The molecule has 0 aliphatic heterocycles. The topological polar surface area (TPSA) is 47.0 Å². The van der Waals surface area contributed by atoms with Crippen LogP contribution in [0.2, 0.25) is 0 Å². The van der Waals surface area contributed by atoms with Crippen molar-refractivity contribution in [1.29, 1.82) is 0 Å². The number of hydrogen-bond donors (Lipinski definition) is 1. The van der Waals surface area contributed by atoms with Crippen molar-refractivity contribution in [1.82, 2.24) is 9.97 Å². The van der Waals surface area contributed by atoms with Gasteiger partial charge in [0.1, 0.15) is 17.4 Å². The predicted octanol–water partition coefficient (Wildman–Crippen LogP) is 3.74. The minimum absolute atomic E-state index is 0.258. The van der Waals surface area contributed by atoms with E-state index in [1.54, 1.807) is 6.07 Å². The second-order valence-corrected chi connectivity index (χ2v) is 4.77. The summed E-state index contributed by atoms with van der Waals surface area (Å²) in [6.45, 7) is 6.17. The van der Waals surface area contributed by atoms with Gasteiger partial charge in [0.05, 0.1) is 0 Å². The highest BCUT2D eigenvalue weighted by Gasteiger charge is 2.09. The van der Waals surface area contributed by atoms with Crippen LogP contribution in [0.4, 0.5) is 5.82 Å². The molecule has 2 aromatic rings. The lowest BCUT2D eigenvalue weighted by Gasteiger charge is -2.10. The number of anilines is 1. The van der Waals surface area contributed by atoms with Gasteiger partial charge in [0.25, 0.3) is 0 Å². The van der Waals surface area contributed by atoms with Crippen molar-refractivity contribution in [2.45, 2.75) is 26.7 Å². The van der Waals surface area contributed by atoms with Crippen molar-refractivity contribution in [2.75, 3.05) is 12.4 Å². The number of benzene rings is 1. The largest absolute Gasteiger partial charge is 0.439 e. The van der Waals surface area contributed by atoms with Crippen LogP contribution in [-0.4, -0.2) is 17.0 Å². The summed E-state index contributed by atoms with van der Waals surface area (Å²) in [7, 11) is 1.84. The Hall–Kier alpha value is -2.10. The quantitative estimate of drug-likeness (QED) is 0.906. The van der Waals surface area contributed by atoms with E-state index in [0.717, 1.165) is 17.4 Å². The van der Waals surface area contributed by atoms with Crippen molar-refractivity contribution < 1.29 is 4.74 Å². The fourth-order valence-electron chi connectivity index (χ4n) is 1.61. The zero-order valence-corrected chi connectivity index (χ0v) is 11.8. The zero-order valence-electron chi connectivity index (χ0n) is 11.8. The molecule has 0 aliphatic rings. The molecule has 0 unspecified atom stereocenters. The maximum absolute atomic E-state index is 5.78. The Morgan fingerprint density at radius 1 is 1.11 bits per heavy atom. The van der Waals surface area contributed by atoms with Crippen molar-refractivity contribution in [3.05, 3.63) is 41.7 Å². The first-order valence-corrected chi connectivity index (χ1v) is 6.39. The number of aromatic nitrogens is 2. The highest BCUT2D eigenvalue weighted by molar-refractivity contribution is 5.40. The Kier molecular flexibility index (Phi) is 4.00. The van der Waals surface area contributed by atoms with Gasteiger partial charge in [0.15, 0.2) is 0 Å². The zero-order chi connectivity index (χ0) is 13.8. The smallest absolute Gasteiger partial charge is 0.224 e. The summed E-state index contributed by atoms with van der Waals surface area (Å²) < 4.78 is 5.78. The van der Waals surface area contributed by atoms with Crippen LogP contribution in [0.3, 0.4) is 0 Å². The predicted molar refractivity (Wildman–Crippen MR) is 76.9 cm³/mol. The number of nitrogens with one attached hydrogen (secondary N) is 1. The Morgan fingerprint density at radius 3 is 2.37 bits per heavy atom. The molecule has 0 saturated heterocycles. The van der Waals surface area contributed by atoms with Gasteiger partial charge in [-0.2, -0.15) is 4.98 Å². The monoisotopic (exact) mass is 257 g/mol. The Labute approximate surface area is 113 Å². The van der Waals surface area contributed by atoms with E-state index in [1.165, 1.54) is 5.56 Å². The Morgan fingerprint density at radius 2 is 1.79 bits per heavy atom. The van der Waals surface area contributed by atoms with Crippen LogP contribution in [-0.2, 0) is 0 Å². The molecule has 1 N–H and O–H groups in total. The van der Waals surface area contributed by atoms with Crippen LogP contribution in [0.1, 0.15) is 31.2 Å². The van der Waals surface area contributed by atoms with Gasteiger partial charge in [0.2, 0.25) is 5.88 Å². The third-order valence-corrected chi connectivity index (χ3v) is 2.74.